The van der Waals surface area contributed by atoms with E-state index in [1.807, 2.05) is 13.0 Å². The third-order valence-electron chi connectivity index (χ3n) is 4.10. The molecule has 1 aromatic carbocycles. The fourth-order valence-electron chi connectivity index (χ4n) is 2.83. The molecule has 0 aromatic heterocycles. The van der Waals surface area contributed by atoms with Crippen molar-refractivity contribution in [2.45, 2.75) is 32.6 Å². The number of aliphatic hydroxyl groups is 1. The van der Waals surface area contributed by atoms with E-state index in [1.54, 1.807) is 12.1 Å². The van der Waals surface area contributed by atoms with E-state index in [9.17, 15) is 14.3 Å². The van der Waals surface area contributed by atoms with E-state index in [2.05, 4.69) is 6.58 Å². The molecule has 3 heteroatoms. The number of hydrogen-bond donors (Lipinski definition) is 1. The van der Waals surface area contributed by atoms with Crippen molar-refractivity contribution in [3.63, 3.8) is 0 Å². The summed E-state index contributed by atoms with van der Waals surface area (Å²) >= 11 is 0. The van der Waals surface area contributed by atoms with Crippen molar-refractivity contribution in [3.8, 4) is 0 Å². The standard InChI is InChI=1S/C18H21FO2/c1-3-4-14-10-15(18(21)11-17(14)20)8-7-13-6-5-12(2)9-16(13)19/h3,5-6,9,11,14-15,21H,1,4,7-8,10H2,2H3/t14?,15-/m1/s1. The Morgan fingerprint density at radius 2 is 2.19 bits per heavy atom. The first-order valence-corrected chi connectivity index (χ1v) is 7.31. The average molecular weight is 288 g/mol. The molecule has 0 fully saturated rings. The van der Waals surface area contributed by atoms with Crippen molar-refractivity contribution in [2.75, 3.05) is 0 Å². The lowest BCUT2D eigenvalue weighted by Gasteiger charge is -2.25. The van der Waals surface area contributed by atoms with Gasteiger partial charge in [-0.05, 0) is 49.8 Å². The molecule has 0 saturated carbocycles. The Kier molecular flexibility index (Phi) is 4.94. The minimum Gasteiger partial charge on any atom is -0.512 e. The Morgan fingerprint density at radius 3 is 2.86 bits per heavy atom. The first-order valence-electron chi connectivity index (χ1n) is 7.31. The normalized spacial score (nSPS) is 22.0. The Morgan fingerprint density at radius 1 is 1.43 bits per heavy atom. The second-order valence-corrected chi connectivity index (χ2v) is 5.76. The van der Waals surface area contributed by atoms with Crippen LogP contribution < -0.4 is 0 Å². The summed E-state index contributed by atoms with van der Waals surface area (Å²) in [5.74, 6) is -0.286. The molecule has 0 spiro atoms. The molecule has 0 bridgehead atoms. The van der Waals surface area contributed by atoms with Crippen molar-refractivity contribution < 1.29 is 14.3 Å². The highest BCUT2D eigenvalue weighted by Crippen LogP contribution is 2.31. The molecule has 1 N–H and O–H groups in total. The van der Waals surface area contributed by atoms with Crippen molar-refractivity contribution >= 4 is 5.78 Å². The van der Waals surface area contributed by atoms with Gasteiger partial charge in [0.2, 0.25) is 0 Å². The van der Waals surface area contributed by atoms with Crippen molar-refractivity contribution in [2.24, 2.45) is 11.8 Å². The summed E-state index contributed by atoms with van der Waals surface area (Å²) in [6, 6.07) is 5.20. The molecule has 0 aliphatic heterocycles. The Hall–Kier alpha value is -1.90. The number of carbonyl (C=O) groups is 1. The van der Waals surface area contributed by atoms with E-state index >= 15 is 0 Å². The summed E-state index contributed by atoms with van der Waals surface area (Å²) in [7, 11) is 0. The number of halogens is 1. The highest BCUT2D eigenvalue weighted by Gasteiger charge is 2.28. The third-order valence-corrected chi connectivity index (χ3v) is 4.10. The summed E-state index contributed by atoms with van der Waals surface area (Å²) in [5.41, 5.74) is 1.55. The summed E-state index contributed by atoms with van der Waals surface area (Å²) in [6.07, 6.45) is 5.49. The number of benzene rings is 1. The lowest BCUT2D eigenvalue weighted by molar-refractivity contribution is -0.119. The van der Waals surface area contributed by atoms with Gasteiger partial charge in [-0.3, -0.25) is 4.79 Å². The van der Waals surface area contributed by atoms with Gasteiger partial charge < -0.3 is 5.11 Å². The van der Waals surface area contributed by atoms with Crippen LogP contribution in [0, 0.1) is 24.6 Å². The Balaban J connectivity index is 2.03. The highest BCUT2D eigenvalue weighted by atomic mass is 19.1. The smallest absolute Gasteiger partial charge is 0.162 e. The predicted octanol–water partition coefficient (Wildman–Crippen LogP) is 4.29. The molecule has 2 rings (SSSR count). The number of rotatable bonds is 5. The fourth-order valence-corrected chi connectivity index (χ4v) is 2.83. The van der Waals surface area contributed by atoms with E-state index in [-0.39, 0.29) is 29.2 Å². The predicted molar refractivity (Wildman–Crippen MR) is 81.6 cm³/mol. The summed E-state index contributed by atoms with van der Waals surface area (Å²) < 4.78 is 13.8. The second-order valence-electron chi connectivity index (χ2n) is 5.76. The Labute approximate surface area is 125 Å². The molecule has 0 amide bonds. The number of hydrogen-bond acceptors (Lipinski definition) is 2. The van der Waals surface area contributed by atoms with Gasteiger partial charge in [0.1, 0.15) is 5.82 Å². The minimum atomic E-state index is -0.201. The quantitative estimate of drug-likeness (QED) is 0.821. The average Bonchev–Trinajstić information content (AvgIpc) is 2.42. The maximum absolute atomic E-state index is 13.8. The van der Waals surface area contributed by atoms with Crippen LogP contribution in [0.2, 0.25) is 0 Å². The number of carbonyl (C=O) groups excluding carboxylic acids is 1. The zero-order chi connectivity index (χ0) is 15.4. The molecule has 0 radical (unpaired) electrons. The first kappa shape index (κ1) is 15.5. The minimum absolute atomic E-state index is 0.0369. The molecule has 0 heterocycles. The van der Waals surface area contributed by atoms with Crippen LogP contribution >= 0.6 is 0 Å². The SMILES string of the molecule is C=CCC1C[C@@H](CCc2ccc(C)cc2F)C(O)=CC1=O. The van der Waals surface area contributed by atoms with Crippen molar-refractivity contribution in [1.82, 2.24) is 0 Å². The Bertz CT molecular complexity index is 575. The second kappa shape index (κ2) is 6.70. The lowest BCUT2D eigenvalue weighted by Crippen LogP contribution is -2.24. The molecule has 0 saturated heterocycles. The van der Waals surface area contributed by atoms with Gasteiger partial charge in [0.25, 0.3) is 0 Å². The van der Waals surface area contributed by atoms with E-state index in [1.165, 1.54) is 12.1 Å². The van der Waals surface area contributed by atoms with Gasteiger partial charge in [-0.1, -0.05) is 18.2 Å². The maximum atomic E-state index is 13.8. The van der Waals surface area contributed by atoms with Gasteiger partial charge in [0.15, 0.2) is 5.78 Å². The molecule has 2 nitrogen and oxygen atoms in total. The van der Waals surface area contributed by atoms with Crippen LogP contribution in [-0.2, 0) is 11.2 Å². The van der Waals surface area contributed by atoms with Gasteiger partial charge in [-0.15, -0.1) is 6.58 Å². The summed E-state index contributed by atoms with van der Waals surface area (Å²) in [6.45, 7) is 5.52. The van der Waals surface area contributed by atoms with E-state index in [0.29, 0.717) is 31.2 Å². The fraction of sp³-hybridized carbons (Fsp3) is 0.389. The van der Waals surface area contributed by atoms with Crippen LogP contribution in [0.4, 0.5) is 4.39 Å². The van der Waals surface area contributed by atoms with Gasteiger partial charge in [-0.2, -0.15) is 0 Å². The molecule has 1 aliphatic carbocycles. The van der Waals surface area contributed by atoms with Crippen molar-refractivity contribution in [3.05, 3.63) is 59.6 Å². The highest BCUT2D eigenvalue weighted by molar-refractivity contribution is 5.93. The number of aryl methyl sites for hydroxylation is 2. The molecule has 1 unspecified atom stereocenters. The van der Waals surface area contributed by atoms with Gasteiger partial charge in [-0.25, -0.2) is 4.39 Å². The zero-order valence-electron chi connectivity index (χ0n) is 12.3. The molecular weight excluding hydrogens is 267 g/mol. The molecule has 1 aromatic rings. The van der Waals surface area contributed by atoms with Crippen molar-refractivity contribution in [1.29, 1.82) is 0 Å². The van der Waals surface area contributed by atoms with Gasteiger partial charge >= 0.3 is 0 Å². The van der Waals surface area contributed by atoms with Crippen LogP contribution in [0.25, 0.3) is 0 Å². The molecular formula is C18H21FO2. The number of allylic oxidation sites excluding steroid dienone is 3. The van der Waals surface area contributed by atoms with Crippen LogP contribution in [-0.4, -0.2) is 10.9 Å². The van der Waals surface area contributed by atoms with Crippen LogP contribution in [0.15, 0.2) is 42.7 Å². The molecule has 21 heavy (non-hydrogen) atoms. The summed E-state index contributed by atoms with van der Waals surface area (Å²) in [4.78, 5) is 11.8. The van der Waals surface area contributed by atoms with Crippen LogP contribution in [0.1, 0.15) is 30.4 Å². The molecule has 112 valence electrons. The number of aliphatic hydroxyl groups excluding tert-OH is 1. The first-order chi connectivity index (χ1) is 10.0. The van der Waals surface area contributed by atoms with Crippen LogP contribution in [0.3, 0.4) is 0 Å². The topological polar surface area (TPSA) is 37.3 Å². The lowest BCUT2D eigenvalue weighted by atomic mass is 9.80. The maximum Gasteiger partial charge on any atom is 0.162 e. The van der Waals surface area contributed by atoms with E-state index in [4.69, 9.17) is 0 Å². The largest absolute Gasteiger partial charge is 0.512 e. The van der Waals surface area contributed by atoms with Gasteiger partial charge in [0.05, 0.1) is 5.76 Å². The molecule has 2 atom stereocenters. The summed E-state index contributed by atoms with van der Waals surface area (Å²) in [5, 5.41) is 9.94. The third kappa shape index (κ3) is 3.81. The monoisotopic (exact) mass is 288 g/mol. The number of ketones is 1. The van der Waals surface area contributed by atoms with E-state index in [0.717, 1.165) is 5.56 Å². The van der Waals surface area contributed by atoms with E-state index < -0.39 is 0 Å². The van der Waals surface area contributed by atoms with Gasteiger partial charge in [0, 0.05) is 17.9 Å². The zero-order valence-corrected chi connectivity index (χ0v) is 12.3. The van der Waals surface area contributed by atoms with Crippen LogP contribution in [0.5, 0.6) is 0 Å². The molecule has 1 aliphatic rings.